The van der Waals surface area contributed by atoms with Crippen LogP contribution in [0.4, 0.5) is 0 Å². The molecule has 0 aliphatic rings. The van der Waals surface area contributed by atoms with Gasteiger partial charge >= 0.3 is 0 Å². The predicted octanol–water partition coefficient (Wildman–Crippen LogP) is 5.02. The van der Waals surface area contributed by atoms with Crippen LogP contribution in [0.3, 0.4) is 0 Å². The minimum Gasteiger partial charge on any atom is -0.118 e. The summed E-state index contributed by atoms with van der Waals surface area (Å²) in [4.78, 5) is 0. The predicted molar refractivity (Wildman–Crippen MR) is 68.6 cm³/mol. The van der Waals surface area contributed by atoms with Crippen LogP contribution >= 0.6 is 11.6 Å². The van der Waals surface area contributed by atoms with Gasteiger partial charge in [0.1, 0.15) is 0 Å². The third-order valence-corrected chi connectivity index (χ3v) is 3.09. The number of halogens is 1. The first-order valence-corrected chi connectivity index (χ1v) is 5.94. The smallest absolute Gasteiger partial charge is 0.0590 e. The van der Waals surface area contributed by atoms with E-state index in [9.17, 15) is 0 Å². The highest BCUT2D eigenvalue weighted by molar-refractivity contribution is 6.20. The van der Waals surface area contributed by atoms with Crippen LogP contribution in [-0.2, 0) is 0 Å². The lowest BCUT2D eigenvalue weighted by molar-refractivity contribution is 0.372. The number of rotatable bonds is 2. The van der Waals surface area contributed by atoms with E-state index in [-0.39, 0.29) is 10.8 Å². The van der Waals surface area contributed by atoms with E-state index in [0.717, 1.165) is 6.42 Å². The highest BCUT2D eigenvalue weighted by Crippen LogP contribution is 2.34. The van der Waals surface area contributed by atoms with Gasteiger partial charge in [-0.15, -0.1) is 11.6 Å². The molecule has 1 atom stereocenters. The van der Waals surface area contributed by atoms with Crippen molar-refractivity contribution in [2.45, 2.75) is 46.4 Å². The molecular formula is C14H21Cl. The molecule has 1 aromatic carbocycles. The monoisotopic (exact) mass is 224 g/mol. The molecule has 0 amide bonds. The molecule has 0 saturated carbocycles. The molecule has 0 bridgehead atoms. The van der Waals surface area contributed by atoms with Crippen molar-refractivity contribution < 1.29 is 0 Å². The molecule has 0 N–H and O–H groups in total. The van der Waals surface area contributed by atoms with Gasteiger partial charge in [-0.3, -0.25) is 0 Å². The molecule has 0 spiro atoms. The van der Waals surface area contributed by atoms with Crippen LogP contribution in [0.15, 0.2) is 18.2 Å². The molecule has 0 saturated heterocycles. The van der Waals surface area contributed by atoms with E-state index in [0.29, 0.717) is 0 Å². The zero-order valence-corrected chi connectivity index (χ0v) is 11.2. The van der Waals surface area contributed by atoms with Crippen molar-refractivity contribution in [1.29, 1.82) is 0 Å². The Hall–Kier alpha value is -0.490. The Morgan fingerprint density at radius 2 is 1.73 bits per heavy atom. The lowest BCUT2D eigenvalue weighted by Gasteiger charge is -2.22. The molecule has 1 heteroatoms. The lowest BCUT2D eigenvalue weighted by atomic mass is 9.88. The summed E-state index contributed by atoms with van der Waals surface area (Å²) in [5.41, 5.74) is 4.19. The molecule has 1 aromatic rings. The average molecular weight is 225 g/mol. The summed E-state index contributed by atoms with van der Waals surface area (Å²) in [6, 6.07) is 6.51. The molecule has 0 aliphatic heterocycles. The summed E-state index contributed by atoms with van der Waals surface area (Å²) < 4.78 is 0. The van der Waals surface area contributed by atoms with Gasteiger partial charge in [0.2, 0.25) is 0 Å². The van der Waals surface area contributed by atoms with Crippen LogP contribution in [-0.4, -0.2) is 0 Å². The maximum atomic E-state index is 6.42. The highest BCUT2D eigenvalue weighted by Gasteiger charge is 2.18. The van der Waals surface area contributed by atoms with E-state index in [1.54, 1.807) is 0 Å². The van der Waals surface area contributed by atoms with E-state index in [1.165, 1.54) is 16.7 Å². The first kappa shape index (κ1) is 12.6. The Morgan fingerprint density at radius 1 is 1.13 bits per heavy atom. The molecule has 0 nitrogen and oxygen atoms in total. The van der Waals surface area contributed by atoms with Crippen molar-refractivity contribution in [3.05, 3.63) is 34.9 Å². The van der Waals surface area contributed by atoms with Gasteiger partial charge in [-0.05, 0) is 42.4 Å². The van der Waals surface area contributed by atoms with Gasteiger partial charge in [0.05, 0.1) is 5.38 Å². The largest absolute Gasteiger partial charge is 0.118 e. The molecule has 1 rings (SSSR count). The summed E-state index contributed by atoms with van der Waals surface area (Å²) in [6.45, 7) is 10.9. The Balaban J connectivity index is 2.83. The lowest BCUT2D eigenvalue weighted by Crippen LogP contribution is -2.08. The molecular weight excluding hydrogens is 204 g/mol. The minimum atomic E-state index is 0.129. The van der Waals surface area contributed by atoms with E-state index in [4.69, 9.17) is 11.6 Å². The van der Waals surface area contributed by atoms with Crippen molar-refractivity contribution in [2.24, 2.45) is 5.41 Å². The second-order valence-electron chi connectivity index (χ2n) is 5.58. The summed E-state index contributed by atoms with van der Waals surface area (Å²) >= 11 is 6.42. The van der Waals surface area contributed by atoms with Crippen molar-refractivity contribution in [3.8, 4) is 0 Å². The van der Waals surface area contributed by atoms with Gasteiger partial charge in [-0.2, -0.15) is 0 Å². The van der Waals surface area contributed by atoms with Crippen LogP contribution in [0.5, 0.6) is 0 Å². The van der Waals surface area contributed by atoms with Gasteiger partial charge in [-0.1, -0.05) is 39.0 Å². The van der Waals surface area contributed by atoms with E-state index in [2.05, 4.69) is 52.8 Å². The maximum absolute atomic E-state index is 6.42. The molecule has 84 valence electrons. The summed E-state index contributed by atoms with van der Waals surface area (Å²) in [5.74, 6) is 0. The Labute approximate surface area is 98.7 Å². The van der Waals surface area contributed by atoms with E-state index < -0.39 is 0 Å². The third-order valence-electron chi connectivity index (χ3n) is 2.68. The van der Waals surface area contributed by atoms with E-state index in [1.807, 2.05) is 0 Å². The molecule has 15 heavy (non-hydrogen) atoms. The second kappa shape index (κ2) is 4.57. The summed E-state index contributed by atoms with van der Waals surface area (Å²) in [5, 5.41) is 0.129. The first-order valence-electron chi connectivity index (χ1n) is 5.51. The van der Waals surface area contributed by atoms with Crippen LogP contribution in [0, 0.1) is 19.3 Å². The summed E-state index contributed by atoms with van der Waals surface area (Å²) in [6.07, 6.45) is 1.01. The van der Waals surface area contributed by atoms with Crippen molar-refractivity contribution in [2.75, 3.05) is 0 Å². The average Bonchev–Trinajstić information content (AvgIpc) is 2.06. The Kier molecular flexibility index (Phi) is 3.83. The van der Waals surface area contributed by atoms with E-state index >= 15 is 0 Å². The zero-order valence-electron chi connectivity index (χ0n) is 10.4. The van der Waals surface area contributed by atoms with Gasteiger partial charge in [0.15, 0.2) is 0 Å². The molecule has 0 radical (unpaired) electrons. The van der Waals surface area contributed by atoms with Crippen LogP contribution < -0.4 is 0 Å². The van der Waals surface area contributed by atoms with Gasteiger partial charge in [0.25, 0.3) is 0 Å². The van der Waals surface area contributed by atoms with Crippen molar-refractivity contribution in [3.63, 3.8) is 0 Å². The highest BCUT2D eigenvalue weighted by atomic mass is 35.5. The minimum absolute atomic E-state index is 0.129. The van der Waals surface area contributed by atoms with Crippen molar-refractivity contribution >= 4 is 11.6 Å². The Morgan fingerprint density at radius 3 is 2.20 bits per heavy atom. The number of benzene rings is 1. The molecule has 0 heterocycles. The van der Waals surface area contributed by atoms with Crippen molar-refractivity contribution in [1.82, 2.24) is 0 Å². The number of hydrogen-bond donors (Lipinski definition) is 0. The third kappa shape index (κ3) is 3.87. The number of aryl methyl sites for hydroxylation is 2. The normalized spacial score (nSPS) is 14.0. The molecule has 0 fully saturated rings. The fourth-order valence-electron chi connectivity index (χ4n) is 1.61. The molecule has 0 aliphatic carbocycles. The van der Waals surface area contributed by atoms with Gasteiger partial charge in [0, 0.05) is 0 Å². The van der Waals surface area contributed by atoms with Crippen LogP contribution in [0.25, 0.3) is 0 Å². The zero-order chi connectivity index (χ0) is 11.6. The number of alkyl halides is 1. The number of hydrogen-bond acceptors (Lipinski definition) is 0. The van der Waals surface area contributed by atoms with Crippen LogP contribution in [0.2, 0.25) is 0 Å². The molecule has 0 aromatic heterocycles. The van der Waals surface area contributed by atoms with Gasteiger partial charge < -0.3 is 0 Å². The quantitative estimate of drug-likeness (QED) is 0.619. The van der Waals surface area contributed by atoms with Gasteiger partial charge in [-0.25, -0.2) is 0 Å². The second-order valence-corrected chi connectivity index (χ2v) is 6.10. The maximum Gasteiger partial charge on any atom is 0.0590 e. The first-order chi connectivity index (χ1) is 6.79. The topological polar surface area (TPSA) is 0 Å². The standard InChI is InChI=1S/C14H21Cl/c1-10-6-7-12(8-11(10)2)13(15)9-14(3,4)5/h6-8,13H,9H2,1-5H3. The Bertz CT molecular complexity index is 334. The molecule has 1 unspecified atom stereocenters. The van der Waals surface area contributed by atoms with Crippen LogP contribution in [0.1, 0.15) is 49.3 Å². The SMILES string of the molecule is Cc1ccc(C(Cl)CC(C)(C)C)cc1C. The fraction of sp³-hybridized carbons (Fsp3) is 0.571. The summed E-state index contributed by atoms with van der Waals surface area (Å²) in [7, 11) is 0. The fourth-order valence-corrected chi connectivity index (χ4v) is 2.21.